The van der Waals surface area contributed by atoms with Crippen LogP contribution in [0.25, 0.3) is 5.69 Å². The third-order valence-corrected chi connectivity index (χ3v) is 4.71. The van der Waals surface area contributed by atoms with Crippen molar-refractivity contribution in [3.05, 3.63) is 76.0 Å². The summed E-state index contributed by atoms with van der Waals surface area (Å²) < 4.78 is 2.61. The number of hydrogen-bond donors (Lipinski definition) is 2. The number of aromatic nitrogens is 2. The predicted molar refractivity (Wildman–Crippen MR) is 113 cm³/mol. The van der Waals surface area contributed by atoms with Gasteiger partial charge in [-0.05, 0) is 55.0 Å². The Hall–Kier alpha value is -2.64. The van der Waals surface area contributed by atoms with Gasteiger partial charge >= 0.3 is 0 Å². The molecule has 0 aliphatic carbocycles. The third-order valence-electron chi connectivity index (χ3n) is 3.93. The van der Waals surface area contributed by atoms with Gasteiger partial charge in [-0.2, -0.15) is 5.10 Å². The molecule has 144 valence electrons. The molecule has 0 bridgehead atoms. The second kappa shape index (κ2) is 9.52. The largest absolute Gasteiger partial charge is 0.352 e. The van der Waals surface area contributed by atoms with Crippen LogP contribution in [-0.4, -0.2) is 28.1 Å². The van der Waals surface area contributed by atoms with E-state index >= 15 is 0 Å². The third kappa shape index (κ3) is 5.68. The van der Waals surface area contributed by atoms with Crippen LogP contribution in [0.4, 0.5) is 5.69 Å². The van der Waals surface area contributed by atoms with E-state index in [1.165, 1.54) is 6.20 Å². The summed E-state index contributed by atoms with van der Waals surface area (Å²) in [7, 11) is 0. The van der Waals surface area contributed by atoms with Gasteiger partial charge in [0.15, 0.2) is 0 Å². The van der Waals surface area contributed by atoms with E-state index in [1.54, 1.807) is 35.1 Å². The van der Waals surface area contributed by atoms with Crippen molar-refractivity contribution in [2.24, 2.45) is 0 Å². The minimum Gasteiger partial charge on any atom is -0.352 e. The van der Waals surface area contributed by atoms with Crippen molar-refractivity contribution in [3.8, 4) is 5.69 Å². The van der Waals surface area contributed by atoms with Crippen LogP contribution in [0.5, 0.6) is 0 Å². The summed E-state index contributed by atoms with van der Waals surface area (Å²) >= 11 is 9.20. The Bertz CT molecular complexity index is 955. The van der Waals surface area contributed by atoms with Crippen molar-refractivity contribution in [1.82, 2.24) is 15.1 Å². The summed E-state index contributed by atoms with van der Waals surface area (Å²) in [4.78, 5) is 24.1. The molecule has 3 rings (SSSR count). The van der Waals surface area contributed by atoms with Crippen LogP contribution >= 0.6 is 27.5 Å². The van der Waals surface area contributed by atoms with Crippen molar-refractivity contribution in [3.63, 3.8) is 0 Å². The molecule has 2 N–H and O–H groups in total. The monoisotopic (exact) mass is 460 g/mol. The summed E-state index contributed by atoms with van der Waals surface area (Å²) in [5.41, 5.74) is 2.02. The zero-order chi connectivity index (χ0) is 19.9. The van der Waals surface area contributed by atoms with Crippen LogP contribution in [-0.2, 0) is 4.79 Å². The van der Waals surface area contributed by atoms with Crippen molar-refractivity contribution >= 4 is 45.0 Å². The molecule has 2 amide bonds. The van der Waals surface area contributed by atoms with Crippen molar-refractivity contribution in [2.45, 2.75) is 12.8 Å². The lowest BCUT2D eigenvalue weighted by atomic mass is 10.2. The molecule has 0 aliphatic heterocycles. The van der Waals surface area contributed by atoms with E-state index in [4.69, 9.17) is 11.6 Å². The molecule has 0 radical (unpaired) electrons. The second-order valence-electron chi connectivity index (χ2n) is 6.06. The first-order chi connectivity index (χ1) is 13.5. The highest BCUT2D eigenvalue weighted by molar-refractivity contribution is 9.10. The Morgan fingerprint density at radius 3 is 2.50 bits per heavy atom. The minimum atomic E-state index is -0.221. The van der Waals surface area contributed by atoms with Gasteiger partial charge in [-0.15, -0.1) is 0 Å². The second-order valence-corrected chi connectivity index (χ2v) is 7.42. The zero-order valence-electron chi connectivity index (χ0n) is 14.9. The van der Waals surface area contributed by atoms with Crippen molar-refractivity contribution < 1.29 is 9.59 Å². The maximum absolute atomic E-state index is 12.2. The maximum atomic E-state index is 12.2. The van der Waals surface area contributed by atoms with E-state index in [9.17, 15) is 9.59 Å². The molecule has 0 saturated carbocycles. The first-order valence-corrected chi connectivity index (χ1v) is 9.82. The Labute approximate surface area is 176 Å². The summed E-state index contributed by atoms with van der Waals surface area (Å²) in [5.74, 6) is -0.332. The molecule has 0 spiro atoms. The molecule has 1 aromatic heterocycles. The fourth-order valence-electron chi connectivity index (χ4n) is 2.48. The van der Waals surface area contributed by atoms with Crippen LogP contribution in [0.3, 0.4) is 0 Å². The molecule has 0 fully saturated rings. The van der Waals surface area contributed by atoms with Gasteiger partial charge < -0.3 is 10.6 Å². The Morgan fingerprint density at radius 2 is 1.79 bits per heavy atom. The average Bonchev–Trinajstić information content (AvgIpc) is 3.18. The lowest BCUT2D eigenvalue weighted by Gasteiger charge is -2.06. The first-order valence-electron chi connectivity index (χ1n) is 8.65. The lowest BCUT2D eigenvalue weighted by molar-refractivity contribution is -0.116. The summed E-state index contributed by atoms with van der Waals surface area (Å²) in [6.07, 6.45) is 4.03. The van der Waals surface area contributed by atoms with Crippen LogP contribution < -0.4 is 10.6 Å². The topological polar surface area (TPSA) is 76.0 Å². The number of nitrogens with zero attached hydrogens (tertiary/aromatic N) is 2. The normalized spacial score (nSPS) is 10.5. The van der Waals surface area contributed by atoms with Gasteiger partial charge in [0.2, 0.25) is 5.91 Å². The molecule has 0 aliphatic rings. The number of nitrogens with one attached hydrogen (secondary N) is 2. The fraction of sp³-hybridized carbons (Fsp3) is 0.150. The average molecular weight is 462 g/mol. The Balaban J connectivity index is 1.42. The smallest absolute Gasteiger partial charge is 0.254 e. The number of carbonyl (C=O) groups excluding carboxylic acids is 2. The molecular weight excluding hydrogens is 444 g/mol. The van der Waals surface area contributed by atoms with Crippen LogP contribution in [0.15, 0.2) is 65.4 Å². The Morgan fingerprint density at radius 1 is 1.07 bits per heavy atom. The fourth-order valence-corrected chi connectivity index (χ4v) is 2.88. The SMILES string of the molecule is O=C(CCCNC(=O)c1cnn(-c2ccc(Br)cc2)c1)Nc1ccc(Cl)cc1. The Kier molecular flexibility index (Phi) is 6.84. The van der Waals surface area contributed by atoms with Gasteiger partial charge in [-0.25, -0.2) is 4.68 Å². The van der Waals surface area contributed by atoms with Gasteiger partial charge in [0, 0.05) is 34.3 Å². The molecule has 0 unspecified atom stereocenters. The first kappa shape index (κ1) is 20.1. The number of halogens is 2. The van der Waals surface area contributed by atoms with Gasteiger partial charge in [0.25, 0.3) is 5.91 Å². The van der Waals surface area contributed by atoms with E-state index in [0.29, 0.717) is 35.7 Å². The molecule has 8 heteroatoms. The molecule has 1 heterocycles. The molecular formula is C20H18BrClN4O2. The predicted octanol–water partition coefficient (Wildman–Crippen LogP) is 4.44. The van der Waals surface area contributed by atoms with E-state index in [1.807, 2.05) is 24.3 Å². The van der Waals surface area contributed by atoms with Gasteiger partial charge in [0.1, 0.15) is 0 Å². The number of amides is 2. The standard InChI is InChI=1S/C20H18BrClN4O2/c21-15-3-9-18(10-4-15)26-13-14(12-24-26)20(28)23-11-1-2-19(27)25-17-7-5-16(22)6-8-17/h3-10,12-13H,1-2,11H2,(H,23,28)(H,25,27). The highest BCUT2D eigenvalue weighted by Crippen LogP contribution is 2.15. The van der Waals surface area contributed by atoms with E-state index < -0.39 is 0 Å². The summed E-state index contributed by atoms with van der Waals surface area (Å²) in [6, 6.07) is 14.5. The molecule has 2 aromatic carbocycles. The van der Waals surface area contributed by atoms with Crippen molar-refractivity contribution in [2.75, 3.05) is 11.9 Å². The lowest BCUT2D eigenvalue weighted by Crippen LogP contribution is -2.25. The molecule has 0 atom stereocenters. The summed E-state index contributed by atoms with van der Waals surface area (Å²) in [5, 5.41) is 10.4. The number of benzene rings is 2. The molecule has 3 aromatic rings. The van der Waals surface area contributed by atoms with Crippen LogP contribution in [0.1, 0.15) is 23.2 Å². The van der Waals surface area contributed by atoms with E-state index in [0.717, 1.165) is 10.2 Å². The highest BCUT2D eigenvalue weighted by Gasteiger charge is 2.09. The maximum Gasteiger partial charge on any atom is 0.254 e. The number of rotatable bonds is 7. The van der Waals surface area contributed by atoms with E-state index in [2.05, 4.69) is 31.7 Å². The van der Waals surface area contributed by atoms with Gasteiger partial charge in [-0.3, -0.25) is 9.59 Å². The highest BCUT2D eigenvalue weighted by atomic mass is 79.9. The molecule has 0 saturated heterocycles. The minimum absolute atomic E-state index is 0.111. The quantitative estimate of drug-likeness (QED) is 0.511. The molecule has 6 nitrogen and oxygen atoms in total. The van der Waals surface area contributed by atoms with E-state index in [-0.39, 0.29) is 11.8 Å². The number of carbonyl (C=O) groups is 2. The number of anilines is 1. The van der Waals surface area contributed by atoms with Gasteiger partial charge in [0.05, 0.1) is 17.4 Å². The molecule has 28 heavy (non-hydrogen) atoms. The number of hydrogen-bond acceptors (Lipinski definition) is 3. The van der Waals surface area contributed by atoms with Gasteiger partial charge in [-0.1, -0.05) is 27.5 Å². The zero-order valence-corrected chi connectivity index (χ0v) is 17.2. The van der Waals surface area contributed by atoms with Crippen molar-refractivity contribution in [1.29, 1.82) is 0 Å². The van der Waals surface area contributed by atoms with Crippen LogP contribution in [0.2, 0.25) is 5.02 Å². The summed E-state index contributed by atoms with van der Waals surface area (Å²) in [6.45, 7) is 0.399. The van der Waals surface area contributed by atoms with Crippen LogP contribution in [0, 0.1) is 0 Å².